The summed E-state index contributed by atoms with van der Waals surface area (Å²) >= 11 is 20.9. The molecule has 3 aromatic carbocycles. The van der Waals surface area contributed by atoms with Gasteiger partial charge in [0.15, 0.2) is 0 Å². The molecule has 0 saturated heterocycles. The van der Waals surface area contributed by atoms with Crippen LogP contribution < -0.4 is 5.32 Å². The number of pyridine rings is 1. The van der Waals surface area contributed by atoms with Gasteiger partial charge in [-0.3, -0.25) is 14.6 Å². The van der Waals surface area contributed by atoms with E-state index >= 15 is 0 Å². The summed E-state index contributed by atoms with van der Waals surface area (Å²) in [5.41, 5.74) is 4.30. The zero-order chi connectivity index (χ0) is 31.3. The first-order valence-corrected chi connectivity index (χ1v) is 17.0. The Hall–Kier alpha value is -3.42. The van der Waals surface area contributed by atoms with Gasteiger partial charge in [0, 0.05) is 42.8 Å². The third-order valence-electron chi connectivity index (χ3n) is 8.42. The van der Waals surface area contributed by atoms with Crippen molar-refractivity contribution in [2.45, 2.75) is 57.2 Å². The largest absolute Gasteiger partial charge is 0.353 e. The lowest BCUT2D eigenvalue weighted by atomic mass is 9.89. The van der Waals surface area contributed by atoms with E-state index in [0.717, 1.165) is 53.3 Å². The van der Waals surface area contributed by atoms with Crippen molar-refractivity contribution in [3.8, 4) is 11.1 Å². The maximum Gasteiger partial charge on any atom is 0.266 e. The first-order chi connectivity index (χ1) is 21.9. The number of aryl methyl sites for hydroxylation is 1. The van der Waals surface area contributed by atoms with Crippen LogP contribution in [-0.2, 0) is 17.8 Å². The molecule has 230 valence electrons. The summed E-state index contributed by atoms with van der Waals surface area (Å²) in [5, 5.41) is 5.18. The molecule has 2 aromatic heterocycles. The smallest absolute Gasteiger partial charge is 0.266 e. The van der Waals surface area contributed by atoms with E-state index in [-0.39, 0.29) is 23.9 Å². The van der Waals surface area contributed by atoms with E-state index in [2.05, 4.69) is 22.4 Å². The number of hydrogen-bond acceptors (Lipinski definition) is 4. The van der Waals surface area contributed by atoms with Gasteiger partial charge in [-0.25, -0.2) is 0 Å². The quantitative estimate of drug-likeness (QED) is 0.169. The summed E-state index contributed by atoms with van der Waals surface area (Å²) in [5.74, 6) is -0.0613. The number of carbonyl (C=O) groups is 2. The standard InChI is InChI=1S/C36H32Cl3N3O2S/c37-30-15-14-29-32(38)35(45-34(29)33(30)39)36(44)42(22-24-7-4-8-26(21-24)25-17-19-40-20-18-25)28-12-10-27(11-13-28)41-31(43)16-9-23-5-2-1-3-6-23/h1-8,14-15,17-21,27-28H,9-13,16,22H2,(H,41,43). The summed E-state index contributed by atoms with van der Waals surface area (Å²) < 4.78 is 0.707. The van der Waals surface area contributed by atoms with Crippen LogP contribution in [0.5, 0.6) is 0 Å². The Morgan fingerprint density at radius 1 is 0.822 bits per heavy atom. The molecule has 9 heteroatoms. The van der Waals surface area contributed by atoms with Crippen LogP contribution in [0, 0.1) is 0 Å². The van der Waals surface area contributed by atoms with E-state index in [1.165, 1.54) is 11.3 Å². The fourth-order valence-corrected chi connectivity index (χ4v) is 8.03. The van der Waals surface area contributed by atoms with Crippen LogP contribution in [0.1, 0.15) is 52.9 Å². The molecule has 1 aliphatic rings. The van der Waals surface area contributed by atoms with Crippen molar-refractivity contribution in [3.63, 3.8) is 0 Å². The van der Waals surface area contributed by atoms with Crippen molar-refractivity contribution in [2.75, 3.05) is 0 Å². The zero-order valence-corrected chi connectivity index (χ0v) is 27.6. The molecule has 1 aliphatic carbocycles. The van der Waals surface area contributed by atoms with E-state index < -0.39 is 0 Å². The minimum Gasteiger partial charge on any atom is -0.353 e. The third kappa shape index (κ3) is 7.36. The predicted octanol–water partition coefficient (Wildman–Crippen LogP) is 9.63. The van der Waals surface area contributed by atoms with Gasteiger partial charge in [0.05, 0.1) is 19.8 Å². The number of fused-ring (bicyclic) bond motifs is 1. The Bertz CT molecular complexity index is 1810. The number of hydrogen-bond donors (Lipinski definition) is 1. The Morgan fingerprint density at radius 2 is 1.56 bits per heavy atom. The summed E-state index contributed by atoms with van der Waals surface area (Å²) in [6, 6.07) is 25.8. The van der Waals surface area contributed by atoms with Gasteiger partial charge in [0.2, 0.25) is 5.91 Å². The van der Waals surface area contributed by atoms with Gasteiger partial charge in [-0.1, -0.05) is 89.4 Å². The van der Waals surface area contributed by atoms with Gasteiger partial charge < -0.3 is 10.2 Å². The predicted molar refractivity (Wildman–Crippen MR) is 185 cm³/mol. The van der Waals surface area contributed by atoms with Crippen molar-refractivity contribution in [1.82, 2.24) is 15.2 Å². The minimum atomic E-state index is -0.127. The molecule has 1 saturated carbocycles. The SMILES string of the molecule is O=C(CCc1ccccc1)NC1CCC(N(Cc2cccc(-c3ccncc3)c2)C(=O)c2sc3c(Cl)c(Cl)ccc3c2Cl)CC1. The molecule has 1 N–H and O–H groups in total. The number of carbonyl (C=O) groups excluding carboxylic acids is 2. The molecule has 2 amide bonds. The number of rotatable bonds is 9. The Kier molecular flexibility index (Phi) is 10.1. The lowest BCUT2D eigenvalue weighted by Crippen LogP contribution is -2.46. The molecule has 2 heterocycles. The molecular formula is C36H32Cl3N3O2S. The number of benzene rings is 3. The molecule has 0 bridgehead atoms. The zero-order valence-electron chi connectivity index (χ0n) is 24.5. The molecule has 45 heavy (non-hydrogen) atoms. The number of nitrogens with one attached hydrogen (secondary N) is 1. The van der Waals surface area contributed by atoms with Gasteiger partial charge >= 0.3 is 0 Å². The maximum atomic E-state index is 14.4. The van der Waals surface area contributed by atoms with Gasteiger partial charge in [-0.15, -0.1) is 11.3 Å². The summed E-state index contributed by atoms with van der Waals surface area (Å²) in [7, 11) is 0. The van der Waals surface area contributed by atoms with Gasteiger partial charge in [-0.05, 0) is 78.6 Å². The van der Waals surface area contributed by atoms with E-state index in [4.69, 9.17) is 34.8 Å². The van der Waals surface area contributed by atoms with Gasteiger partial charge in [-0.2, -0.15) is 0 Å². The van der Waals surface area contributed by atoms with E-state index in [9.17, 15) is 9.59 Å². The van der Waals surface area contributed by atoms with Crippen LogP contribution in [0.2, 0.25) is 15.1 Å². The second kappa shape index (κ2) is 14.3. The molecule has 0 unspecified atom stereocenters. The number of halogens is 3. The van der Waals surface area contributed by atoms with Crippen LogP contribution in [0.25, 0.3) is 21.2 Å². The summed E-state index contributed by atoms with van der Waals surface area (Å²) in [6.45, 7) is 0.426. The Balaban J connectivity index is 1.21. The summed E-state index contributed by atoms with van der Waals surface area (Å²) in [6.07, 6.45) is 7.86. The highest BCUT2D eigenvalue weighted by Gasteiger charge is 2.32. The van der Waals surface area contributed by atoms with Crippen LogP contribution in [0.3, 0.4) is 0 Å². The van der Waals surface area contributed by atoms with E-state index in [1.54, 1.807) is 18.5 Å². The van der Waals surface area contributed by atoms with Crippen LogP contribution >= 0.6 is 46.1 Å². The molecule has 5 aromatic rings. The number of aromatic nitrogens is 1. The van der Waals surface area contributed by atoms with Gasteiger partial charge in [0.1, 0.15) is 4.88 Å². The monoisotopic (exact) mass is 675 g/mol. The Morgan fingerprint density at radius 3 is 2.31 bits per heavy atom. The molecule has 0 aliphatic heterocycles. The Labute approximate surface area is 282 Å². The molecule has 1 fully saturated rings. The average Bonchev–Trinajstić information content (AvgIpc) is 3.42. The molecule has 5 nitrogen and oxygen atoms in total. The lowest BCUT2D eigenvalue weighted by Gasteiger charge is -2.37. The number of nitrogens with zero attached hydrogens (tertiary/aromatic N) is 2. The highest BCUT2D eigenvalue weighted by Crippen LogP contribution is 2.43. The summed E-state index contributed by atoms with van der Waals surface area (Å²) in [4.78, 5) is 33.7. The highest BCUT2D eigenvalue weighted by molar-refractivity contribution is 7.22. The molecular weight excluding hydrogens is 645 g/mol. The van der Waals surface area contributed by atoms with Crippen molar-refractivity contribution in [1.29, 1.82) is 0 Å². The normalized spacial score (nSPS) is 16.4. The fraction of sp³-hybridized carbons (Fsp3) is 0.250. The number of thiophene rings is 1. The van der Waals surface area contributed by atoms with Crippen LogP contribution in [0.15, 0.2) is 91.3 Å². The van der Waals surface area contributed by atoms with Gasteiger partial charge in [0.25, 0.3) is 5.91 Å². The molecule has 0 radical (unpaired) electrons. The minimum absolute atomic E-state index is 0.0140. The van der Waals surface area contributed by atoms with E-state index in [0.29, 0.717) is 44.0 Å². The number of amides is 2. The van der Waals surface area contributed by atoms with E-state index in [1.807, 2.05) is 65.6 Å². The van der Waals surface area contributed by atoms with Crippen molar-refractivity contribution >= 4 is 68.0 Å². The first-order valence-electron chi connectivity index (χ1n) is 15.1. The molecule has 0 spiro atoms. The second-order valence-corrected chi connectivity index (χ2v) is 13.6. The van der Waals surface area contributed by atoms with Crippen molar-refractivity contribution in [3.05, 3.63) is 122 Å². The molecule has 6 rings (SSSR count). The van der Waals surface area contributed by atoms with Crippen LogP contribution in [-0.4, -0.2) is 33.8 Å². The lowest BCUT2D eigenvalue weighted by molar-refractivity contribution is -0.122. The fourth-order valence-electron chi connectivity index (χ4n) is 6.03. The van der Waals surface area contributed by atoms with Crippen molar-refractivity contribution in [2.24, 2.45) is 0 Å². The van der Waals surface area contributed by atoms with Crippen molar-refractivity contribution < 1.29 is 9.59 Å². The maximum absolute atomic E-state index is 14.4. The molecule has 0 atom stereocenters. The third-order valence-corrected chi connectivity index (χ3v) is 11.1. The highest BCUT2D eigenvalue weighted by atomic mass is 35.5. The second-order valence-electron chi connectivity index (χ2n) is 11.4. The van der Waals surface area contributed by atoms with Crippen LogP contribution in [0.4, 0.5) is 0 Å². The topological polar surface area (TPSA) is 62.3 Å². The first kappa shape index (κ1) is 31.6. The average molecular weight is 677 g/mol.